The Hall–Kier alpha value is -1.59. The first-order valence-corrected chi connectivity index (χ1v) is 7.54. The molecule has 0 radical (unpaired) electrons. The highest BCUT2D eigenvalue weighted by Gasteiger charge is 2.21. The van der Waals surface area contributed by atoms with Crippen molar-refractivity contribution in [1.82, 2.24) is 10.2 Å². The number of carboxylic acid groups (broad SMARTS) is 1. The summed E-state index contributed by atoms with van der Waals surface area (Å²) >= 11 is 0. The summed E-state index contributed by atoms with van der Waals surface area (Å²) in [5.74, 6) is 0.706. The van der Waals surface area contributed by atoms with Crippen LogP contribution in [0.2, 0.25) is 0 Å². The Kier molecular flexibility index (Phi) is 6.02. The summed E-state index contributed by atoms with van der Waals surface area (Å²) in [6.45, 7) is 2.58. The van der Waals surface area contributed by atoms with Gasteiger partial charge in [0.1, 0.15) is 0 Å². The van der Waals surface area contributed by atoms with Gasteiger partial charge >= 0.3 is 6.09 Å². The monoisotopic (exact) mass is 292 g/mol. The number of hydrogen-bond acceptors (Lipinski definition) is 3. The number of β-amino-alcohol motifs (C(OH)–C–C–N with tert-alkyl or cyclic N) is 1. The molecule has 1 unspecified atom stereocenters. The van der Waals surface area contributed by atoms with Crippen LogP contribution in [-0.4, -0.2) is 53.5 Å². The number of carbonyl (C=O) groups is 1. The van der Waals surface area contributed by atoms with Crippen LogP contribution in [0.25, 0.3) is 0 Å². The molecule has 2 rings (SSSR count). The van der Waals surface area contributed by atoms with E-state index in [0.717, 1.165) is 32.4 Å². The zero-order valence-corrected chi connectivity index (χ0v) is 12.2. The Morgan fingerprint density at radius 3 is 2.57 bits per heavy atom. The average molecular weight is 292 g/mol. The molecule has 0 spiro atoms. The number of nitrogens with one attached hydrogen (secondary N) is 1. The van der Waals surface area contributed by atoms with Crippen molar-refractivity contribution < 1.29 is 15.0 Å². The molecule has 116 valence electrons. The molecule has 1 aliphatic rings. The molecule has 0 saturated carbocycles. The molecule has 1 heterocycles. The molecule has 0 aliphatic carbocycles. The van der Waals surface area contributed by atoms with Crippen LogP contribution in [0.1, 0.15) is 18.4 Å². The molecule has 1 saturated heterocycles. The van der Waals surface area contributed by atoms with Gasteiger partial charge in [-0.25, -0.2) is 4.79 Å². The van der Waals surface area contributed by atoms with Crippen LogP contribution < -0.4 is 5.32 Å². The zero-order valence-electron chi connectivity index (χ0n) is 12.2. The summed E-state index contributed by atoms with van der Waals surface area (Å²) in [6, 6.07) is 10.5. The molecular formula is C16H24N2O3. The molecule has 1 aromatic carbocycles. The Morgan fingerprint density at radius 2 is 1.95 bits per heavy atom. The SMILES string of the molecule is O=C(O)NCC(O)CN1CCC(Cc2ccccc2)CC1. The van der Waals surface area contributed by atoms with E-state index in [2.05, 4.69) is 34.5 Å². The Labute approximate surface area is 125 Å². The minimum atomic E-state index is -1.09. The van der Waals surface area contributed by atoms with Crippen molar-refractivity contribution in [2.24, 2.45) is 5.92 Å². The summed E-state index contributed by atoms with van der Waals surface area (Å²) in [5.41, 5.74) is 1.39. The van der Waals surface area contributed by atoms with Crippen LogP contribution in [0.15, 0.2) is 30.3 Å². The minimum Gasteiger partial charge on any atom is -0.465 e. The standard InChI is InChI=1S/C16H24N2O3/c19-15(11-17-16(20)21)12-18-8-6-14(7-9-18)10-13-4-2-1-3-5-13/h1-5,14-15,17,19H,6-12H2,(H,20,21). The van der Waals surface area contributed by atoms with Crippen molar-refractivity contribution in [3.05, 3.63) is 35.9 Å². The second kappa shape index (κ2) is 8.00. The van der Waals surface area contributed by atoms with Gasteiger partial charge in [0.25, 0.3) is 0 Å². The predicted molar refractivity (Wildman–Crippen MR) is 81.3 cm³/mol. The van der Waals surface area contributed by atoms with Gasteiger partial charge in [0.2, 0.25) is 0 Å². The third-order valence-electron chi connectivity index (χ3n) is 4.03. The van der Waals surface area contributed by atoms with Crippen LogP contribution in [0.5, 0.6) is 0 Å². The maximum atomic E-state index is 10.4. The second-order valence-electron chi connectivity index (χ2n) is 5.77. The van der Waals surface area contributed by atoms with Gasteiger partial charge < -0.3 is 20.4 Å². The highest BCUT2D eigenvalue weighted by atomic mass is 16.4. The van der Waals surface area contributed by atoms with Gasteiger partial charge in [0.05, 0.1) is 6.10 Å². The van der Waals surface area contributed by atoms with Crippen molar-refractivity contribution in [1.29, 1.82) is 0 Å². The molecule has 5 nitrogen and oxygen atoms in total. The number of aliphatic hydroxyl groups excluding tert-OH is 1. The lowest BCUT2D eigenvalue weighted by Crippen LogP contribution is -2.43. The molecule has 1 fully saturated rings. The number of aliphatic hydroxyl groups is 1. The molecule has 3 N–H and O–H groups in total. The quantitative estimate of drug-likeness (QED) is 0.744. The van der Waals surface area contributed by atoms with Gasteiger partial charge in [0.15, 0.2) is 0 Å². The van der Waals surface area contributed by atoms with Gasteiger partial charge in [0, 0.05) is 13.1 Å². The van der Waals surface area contributed by atoms with Gasteiger partial charge in [-0.3, -0.25) is 0 Å². The first kappa shape index (κ1) is 15.8. The van der Waals surface area contributed by atoms with Crippen LogP contribution in [0.3, 0.4) is 0 Å². The number of nitrogens with zero attached hydrogens (tertiary/aromatic N) is 1. The lowest BCUT2D eigenvalue weighted by atomic mass is 9.90. The van der Waals surface area contributed by atoms with E-state index >= 15 is 0 Å². The molecule has 0 aromatic heterocycles. The Balaban J connectivity index is 1.67. The fourth-order valence-electron chi connectivity index (χ4n) is 2.89. The fraction of sp³-hybridized carbons (Fsp3) is 0.562. The van der Waals surface area contributed by atoms with Gasteiger partial charge in [-0.15, -0.1) is 0 Å². The largest absolute Gasteiger partial charge is 0.465 e. The molecule has 1 aliphatic heterocycles. The van der Waals surface area contributed by atoms with E-state index in [1.54, 1.807) is 0 Å². The minimum absolute atomic E-state index is 0.0965. The number of likely N-dealkylation sites (tertiary alicyclic amines) is 1. The molecule has 1 aromatic rings. The van der Waals surface area contributed by atoms with Gasteiger partial charge in [-0.1, -0.05) is 30.3 Å². The predicted octanol–water partition coefficient (Wildman–Crippen LogP) is 1.57. The normalized spacial score (nSPS) is 18.3. The van der Waals surface area contributed by atoms with E-state index in [0.29, 0.717) is 12.5 Å². The van der Waals surface area contributed by atoms with E-state index in [-0.39, 0.29) is 6.54 Å². The molecule has 1 amide bonds. The van der Waals surface area contributed by atoms with E-state index in [1.807, 2.05) is 6.07 Å². The highest BCUT2D eigenvalue weighted by molar-refractivity contribution is 5.64. The van der Waals surface area contributed by atoms with Crippen molar-refractivity contribution >= 4 is 6.09 Å². The smallest absolute Gasteiger partial charge is 0.404 e. The summed E-state index contributed by atoms with van der Waals surface area (Å²) in [4.78, 5) is 12.6. The third-order valence-corrected chi connectivity index (χ3v) is 4.03. The zero-order chi connectivity index (χ0) is 15.1. The number of benzene rings is 1. The summed E-state index contributed by atoms with van der Waals surface area (Å²) in [7, 11) is 0. The molecule has 1 atom stereocenters. The average Bonchev–Trinajstić information content (AvgIpc) is 2.48. The second-order valence-corrected chi connectivity index (χ2v) is 5.77. The third kappa shape index (κ3) is 5.73. The number of amides is 1. The highest BCUT2D eigenvalue weighted by Crippen LogP contribution is 2.21. The lowest BCUT2D eigenvalue weighted by molar-refractivity contribution is 0.0877. The van der Waals surface area contributed by atoms with Gasteiger partial charge in [-0.2, -0.15) is 0 Å². The topological polar surface area (TPSA) is 72.8 Å². The van der Waals surface area contributed by atoms with Crippen LogP contribution in [-0.2, 0) is 6.42 Å². The van der Waals surface area contributed by atoms with E-state index in [9.17, 15) is 9.90 Å². The summed E-state index contributed by atoms with van der Waals surface area (Å²) in [5, 5.41) is 20.5. The fourth-order valence-corrected chi connectivity index (χ4v) is 2.89. The first-order chi connectivity index (χ1) is 10.1. The van der Waals surface area contributed by atoms with Gasteiger partial charge in [-0.05, 0) is 43.8 Å². The van der Waals surface area contributed by atoms with E-state index in [1.165, 1.54) is 5.56 Å². The van der Waals surface area contributed by atoms with Crippen LogP contribution in [0.4, 0.5) is 4.79 Å². The van der Waals surface area contributed by atoms with Crippen LogP contribution >= 0.6 is 0 Å². The Morgan fingerprint density at radius 1 is 1.29 bits per heavy atom. The van der Waals surface area contributed by atoms with Crippen LogP contribution in [0, 0.1) is 5.92 Å². The van der Waals surface area contributed by atoms with Crippen molar-refractivity contribution in [3.63, 3.8) is 0 Å². The van der Waals surface area contributed by atoms with Crippen molar-refractivity contribution in [2.75, 3.05) is 26.2 Å². The molecule has 5 heteroatoms. The molecule has 21 heavy (non-hydrogen) atoms. The maximum Gasteiger partial charge on any atom is 0.404 e. The van der Waals surface area contributed by atoms with E-state index in [4.69, 9.17) is 5.11 Å². The number of hydrogen-bond donors (Lipinski definition) is 3. The lowest BCUT2D eigenvalue weighted by Gasteiger charge is -2.33. The molecular weight excluding hydrogens is 268 g/mol. The number of piperidine rings is 1. The summed E-state index contributed by atoms with van der Waals surface area (Å²) < 4.78 is 0. The first-order valence-electron chi connectivity index (χ1n) is 7.54. The summed E-state index contributed by atoms with van der Waals surface area (Å²) in [6.07, 6.45) is 1.67. The van der Waals surface area contributed by atoms with Crippen molar-refractivity contribution in [3.8, 4) is 0 Å². The number of rotatable bonds is 6. The Bertz CT molecular complexity index is 430. The molecule has 0 bridgehead atoms. The maximum absolute atomic E-state index is 10.4. The van der Waals surface area contributed by atoms with E-state index < -0.39 is 12.2 Å². The van der Waals surface area contributed by atoms with Crippen molar-refractivity contribution in [2.45, 2.75) is 25.4 Å².